The summed E-state index contributed by atoms with van der Waals surface area (Å²) in [4.78, 5) is 17.3. The minimum atomic E-state index is -0.272. The smallest absolute Gasteiger partial charge is 0.343 e. The van der Waals surface area contributed by atoms with Gasteiger partial charge in [0.1, 0.15) is 5.58 Å². The third-order valence-electron chi connectivity index (χ3n) is 5.28. The number of anilines is 3. The van der Waals surface area contributed by atoms with Crippen molar-refractivity contribution in [1.82, 2.24) is 0 Å². The van der Waals surface area contributed by atoms with Gasteiger partial charge >= 0.3 is 5.63 Å². The maximum Gasteiger partial charge on any atom is 0.343 e. The van der Waals surface area contributed by atoms with Crippen LogP contribution in [0.15, 0.2) is 88.1 Å². The standard InChI is InChI=1S/C24H20N2O2/c1-17-11-13-19(14-12-17)26-16-25(18-7-3-2-4-8-18)15-21-23(26)20-9-5-6-10-22(20)28-24(21)27/h2-14H,15-16H2,1H3. The zero-order valence-corrected chi connectivity index (χ0v) is 15.6. The summed E-state index contributed by atoms with van der Waals surface area (Å²) in [7, 11) is 0. The number of nitrogens with zero attached hydrogens (tertiary/aromatic N) is 2. The molecule has 0 aliphatic carbocycles. The predicted octanol–water partition coefficient (Wildman–Crippen LogP) is 5.22. The fraction of sp³-hybridized carbons (Fsp3) is 0.125. The molecule has 1 aliphatic heterocycles. The molecule has 1 aliphatic rings. The molecule has 0 amide bonds. The second-order valence-electron chi connectivity index (χ2n) is 7.15. The molecule has 0 atom stereocenters. The zero-order valence-electron chi connectivity index (χ0n) is 15.6. The van der Waals surface area contributed by atoms with Crippen molar-refractivity contribution in [1.29, 1.82) is 0 Å². The molecule has 138 valence electrons. The second kappa shape index (κ2) is 6.57. The Bertz CT molecular complexity index is 1200. The Kier molecular flexibility index (Phi) is 3.90. The first-order chi connectivity index (χ1) is 13.7. The highest BCUT2D eigenvalue weighted by molar-refractivity contribution is 5.95. The third-order valence-corrected chi connectivity index (χ3v) is 5.28. The molecule has 4 heteroatoms. The molecule has 4 nitrogen and oxygen atoms in total. The van der Waals surface area contributed by atoms with Gasteiger partial charge in [0.2, 0.25) is 0 Å². The van der Waals surface area contributed by atoms with Gasteiger partial charge in [0, 0.05) is 16.8 Å². The monoisotopic (exact) mass is 368 g/mol. The van der Waals surface area contributed by atoms with Crippen LogP contribution in [0.2, 0.25) is 0 Å². The molecule has 0 saturated heterocycles. The van der Waals surface area contributed by atoms with Gasteiger partial charge in [-0.25, -0.2) is 4.79 Å². The summed E-state index contributed by atoms with van der Waals surface area (Å²) in [5.41, 5.74) is 5.33. The van der Waals surface area contributed by atoms with Crippen LogP contribution in [0.1, 0.15) is 11.1 Å². The molecule has 28 heavy (non-hydrogen) atoms. The van der Waals surface area contributed by atoms with Crippen molar-refractivity contribution in [3.05, 3.63) is 100 Å². The summed E-state index contributed by atoms with van der Waals surface area (Å²) < 4.78 is 5.64. The Morgan fingerprint density at radius 3 is 2.32 bits per heavy atom. The van der Waals surface area contributed by atoms with Crippen molar-refractivity contribution < 1.29 is 4.42 Å². The molecule has 2 heterocycles. The lowest BCUT2D eigenvalue weighted by atomic mass is 10.0. The minimum Gasteiger partial charge on any atom is -0.422 e. The minimum absolute atomic E-state index is 0.272. The first kappa shape index (κ1) is 16.6. The fourth-order valence-electron chi connectivity index (χ4n) is 3.85. The number of fused-ring (bicyclic) bond motifs is 3. The molecule has 0 unspecified atom stereocenters. The van der Waals surface area contributed by atoms with E-state index in [1.165, 1.54) is 5.56 Å². The van der Waals surface area contributed by atoms with E-state index < -0.39 is 0 Å². The van der Waals surface area contributed by atoms with Crippen molar-refractivity contribution in [2.24, 2.45) is 0 Å². The summed E-state index contributed by atoms with van der Waals surface area (Å²) in [5, 5.41) is 0.963. The van der Waals surface area contributed by atoms with E-state index in [0.717, 1.165) is 22.4 Å². The van der Waals surface area contributed by atoms with Crippen molar-refractivity contribution >= 4 is 28.0 Å². The Morgan fingerprint density at radius 2 is 1.54 bits per heavy atom. The molecule has 0 radical (unpaired) electrons. The van der Waals surface area contributed by atoms with Gasteiger partial charge in [0.05, 0.1) is 24.5 Å². The first-order valence-corrected chi connectivity index (χ1v) is 9.39. The molecule has 0 saturated carbocycles. The highest BCUT2D eigenvalue weighted by Crippen LogP contribution is 2.38. The van der Waals surface area contributed by atoms with Gasteiger partial charge < -0.3 is 14.2 Å². The van der Waals surface area contributed by atoms with Crippen LogP contribution in [-0.2, 0) is 6.54 Å². The maximum atomic E-state index is 12.9. The summed E-state index contributed by atoms with van der Waals surface area (Å²) in [6.07, 6.45) is 0. The predicted molar refractivity (Wildman–Crippen MR) is 113 cm³/mol. The molecule has 0 fully saturated rings. The van der Waals surface area contributed by atoms with Gasteiger partial charge in [-0.2, -0.15) is 0 Å². The maximum absolute atomic E-state index is 12.9. The van der Waals surface area contributed by atoms with Crippen molar-refractivity contribution in [2.75, 3.05) is 16.5 Å². The average Bonchev–Trinajstić information content (AvgIpc) is 2.74. The molecular weight excluding hydrogens is 348 g/mol. The zero-order chi connectivity index (χ0) is 19.1. The molecule has 4 aromatic rings. The molecule has 0 N–H and O–H groups in total. The largest absolute Gasteiger partial charge is 0.422 e. The number of rotatable bonds is 2. The van der Waals surface area contributed by atoms with Crippen LogP contribution in [0.5, 0.6) is 0 Å². The highest BCUT2D eigenvalue weighted by Gasteiger charge is 2.29. The van der Waals surface area contributed by atoms with Crippen molar-refractivity contribution in [2.45, 2.75) is 13.5 Å². The molecule has 5 rings (SSSR count). The van der Waals surface area contributed by atoms with E-state index in [1.807, 2.05) is 42.5 Å². The Labute approximate surface area is 163 Å². The molecule has 0 bridgehead atoms. The number of hydrogen-bond donors (Lipinski definition) is 0. The van der Waals surface area contributed by atoms with E-state index in [1.54, 1.807) is 0 Å². The number of benzene rings is 3. The van der Waals surface area contributed by atoms with Gasteiger partial charge in [-0.05, 0) is 43.3 Å². The van der Waals surface area contributed by atoms with Gasteiger partial charge in [0.25, 0.3) is 0 Å². The van der Waals surface area contributed by atoms with E-state index in [9.17, 15) is 4.79 Å². The van der Waals surface area contributed by atoms with E-state index in [-0.39, 0.29) is 5.63 Å². The lowest BCUT2D eigenvalue weighted by Gasteiger charge is -2.39. The van der Waals surface area contributed by atoms with Crippen LogP contribution in [0.3, 0.4) is 0 Å². The third kappa shape index (κ3) is 2.74. The fourth-order valence-corrected chi connectivity index (χ4v) is 3.85. The van der Waals surface area contributed by atoms with E-state index in [4.69, 9.17) is 4.42 Å². The summed E-state index contributed by atoms with van der Waals surface area (Å²) in [6, 6.07) is 26.4. The summed E-state index contributed by atoms with van der Waals surface area (Å²) in [6.45, 7) is 3.26. The van der Waals surface area contributed by atoms with Gasteiger partial charge in [-0.3, -0.25) is 0 Å². The second-order valence-corrected chi connectivity index (χ2v) is 7.15. The van der Waals surface area contributed by atoms with Crippen LogP contribution in [0, 0.1) is 6.92 Å². The number of hydrogen-bond acceptors (Lipinski definition) is 4. The van der Waals surface area contributed by atoms with Crippen LogP contribution in [-0.4, -0.2) is 6.67 Å². The molecule has 3 aromatic carbocycles. The van der Waals surface area contributed by atoms with E-state index in [2.05, 4.69) is 53.1 Å². The Balaban J connectivity index is 1.75. The van der Waals surface area contributed by atoms with Crippen molar-refractivity contribution in [3.63, 3.8) is 0 Å². The summed E-state index contributed by atoms with van der Waals surface area (Å²) in [5.74, 6) is 0. The molecular formula is C24H20N2O2. The SMILES string of the molecule is Cc1ccc(N2CN(c3ccccc3)Cc3c2c2ccccc2oc3=O)cc1. The lowest BCUT2D eigenvalue weighted by Crippen LogP contribution is -2.42. The normalized spacial score (nSPS) is 13.6. The first-order valence-electron chi connectivity index (χ1n) is 9.39. The number of para-hydroxylation sites is 2. The van der Waals surface area contributed by atoms with Gasteiger partial charge in [0.15, 0.2) is 0 Å². The summed E-state index contributed by atoms with van der Waals surface area (Å²) >= 11 is 0. The average molecular weight is 368 g/mol. The highest BCUT2D eigenvalue weighted by atomic mass is 16.4. The van der Waals surface area contributed by atoms with Gasteiger partial charge in [-0.15, -0.1) is 0 Å². The lowest BCUT2D eigenvalue weighted by molar-refractivity contribution is 0.543. The van der Waals surface area contributed by atoms with Crippen molar-refractivity contribution in [3.8, 4) is 0 Å². The Hall–Kier alpha value is -3.53. The van der Waals surface area contributed by atoms with Crippen LogP contribution in [0.25, 0.3) is 11.0 Å². The van der Waals surface area contributed by atoms with Crippen LogP contribution < -0.4 is 15.4 Å². The Morgan fingerprint density at radius 1 is 0.821 bits per heavy atom. The molecule has 0 spiro atoms. The topological polar surface area (TPSA) is 36.7 Å². The van der Waals surface area contributed by atoms with Gasteiger partial charge in [-0.1, -0.05) is 48.0 Å². The quantitative estimate of drug-likeness (QED) is 0.455. The van der Waals surface area contributed by atoms with E-state index >= 15 is 0 Å². The van der Waals surface area contributed by atoms with E-state index in [0.29, 0.717) is 24.4 Å². The number of aryl methyl sites for hydroxylation is 1. The van der Waals surface area contributed by atoms with Crippen LogP contribution in [0.4, 0.5) is 17.1 Å². The van der Waals surface area contributed by atoms with Crippen LogP contribution >= 0.6 is 0 Å². The molecule has 1 aromatic heterocycles.